The molecule has 0 bridgehead atoms. The van der Waals surface area contributed by atoms with Crippen LogP contribution >= 0.6 is 11.3 Å². The maximum atomic E-state index is 13.7. The number of hydrogen-bond acceptors (Lipinski definition) is 5. The van der Waals surface area contributed by atoms with Crippen LogP contribution in [0.2, 0.25) is 0 Å². The number of nitrogens with zero attached hydrogens (tertiary/aromatic N) is 2. The van der Waals surface area contributed by atoms with E-state index in [0.717, 1.165) is 15.8 Å². The molecule has 1 amide bonds. The van der Waals surface area contributed by atoms with Crippen molar-refractivity contribution >= 4 is 28.7 Å². The number of carbonyl (C=O) groups excluding carboxylic acids is 1. The summed E-state index contributed by atoms with van der Waals surface area (Å²) in [4.78, 5) is 13.6. The minimum absolute atomic E-state index is 0.0213. The minimum atomic E-state index is -4.50. The van der Waals surface area contributed by atoms with E-state index in [1.165, 1.54) is 11.3 Å². The van der Waals surface area contributed by atoms with Crippen molar-refractivity contribution < 1.29 is 23.1 Å². The smallest absolute Gasteiger partial charge is 0.389 e. The molecule has 3 N–H and O–H groups in total. The van der Waals surface area contributed by atoms with Crippen LogP contribution in [0.5, 0.6) is 0 Å². The number of carbonyl (C=O) groups is 1. The lowest BCUT2D eigenvalue weighted by atomic mass is 10.0. The van der Waals surface area contributed by atoms with Crippen molar-refractivity contribution in [3.63, 3.8) is 0 Å². The molecule has 1 aliphatic rings. The zero-order valence-corrected chi connectivity index (χ0v) is 16.7. The molecule has 0 radical (unpaired) electrons. The molecule has 0 saturated carbocycles. The predicted molar refractivity (Wildman–Crippen MR) is 108 cm³/mol. The maximum absolute atomic E-state index is 13.7. The fourth-order valence-corrected chi connectivity index (χ4v) is 4.27. The number of rotatable bonds is 4. The van der Waals surface area contributed by atoms with Gasteiger partial charge in [0.05, 0.1) is 18.3 Å². The Balaban J connectivity index is 1.66. The van der Waals surface area contributed by atoms with E-state index >= 15 is 0 Å². The number of thiophene rings is 1. The van der Waals surface area contributed by atoms with Gasteiger partial charge in [-0.25, -0.2) is 4.68 Å². The molecule has 4 rings (SSSR count). The molecule has 3 heterocycles. The molecule has 0 spiro atoms. The third-order valence-electron chi connectivity index (χ3n) is 5.00. The first-order valence-corrected chi connectivity index (χ1v) is 10.2. The van der Waals surface area contributed by atoms with Crippen LogP contribution in [0.3, 0.4) is 0 Å². The molecule has 0 fully saturated rings. The lowest BCUT2D eigenvalue weighted by molar-refractivity contribution is -0.173. The van der Waals surface area contributed by atoms with Gasteiger partial charge in [-0.15, -0.1) is 11.3 Å². The van der Waals surface area contributed by atoms with Gasteiger partial charge in [-0.1, -0.05) is 18.2 Å². The number of aliphatic hydroxyl groups excluding tert-OH is 1. The average molecular weight is 436 g/mol. The van der Waals surface area contributed by atoms with Crippen molar-refractivity contribution in [1.82, 2.24) is 9.78 Å². The van der Waals surface area contributed by atoms with Gasteiger partial charge in [-0.3, -0.25) is 4.79 Å². The Kier molecular flexibility index (Phi) is 5.29. The molecule has 0 unspecified atom stereocenters. The van der Waals surface area contributed by atoms with E-state index in [-0.39, 0.29) is 17.8 Å². The number of hydrogen-bond donors (Lipinski definition) is 3. The Labute approximate surface area is 174 Å². The SMILES string of the molecule is C[C@H](O)c1cccc(NC(=O)c2cnn3c2N[C@H](c2cccs2)C[C@H]3C(F)(F)F)c1. The van der Waals surface area contributed by atoms with Gasteiger partial charge >= 0.3 is 6.18 Å². The van der Waals surface area contributed by atoms with Crippen molar-refractivity contribution in [1.29, 1.82) is 0 Å². The normalized spacial score (nSPS) is 19.6. The molecule has 3 atom stereocenters. The van der Waals surface area contributed by atoms with Crippen LogP contribution in [-0.4, -0.2) is 27.0 Å². The van der Waals surface area contributed by atoms with E-state index in [2.05, 4.69) is 15.7 Å². The molecule has 3 aromatic rings. The Bertz CT molecular complexity index is 1050. The molecule has 1 aromatic carbocycles. The first-order chi connectivity index (χ1) is 14.2. The Morgan fingerprint density at radius 3 is 2.83 bits per heavy atom. The van der Waals surface area contributed by atoms with Crippen molar-refractivity contribution in [2.45, 2.75) is 37.7 Å². The van der Waals surface area contributed by atoms with Gasteiger partial charge < -0.3 is 15.7 Å². The number of benzene rings is 1. The summed E-state index contributed by atoms with van der Waals surface area (Å²) in [5.41, 5.74) is 1.06. The second-order valence-electron chi connectivity index (χ2n) is 7.11. The van der Waals surface area contributed by atoms with Crippen molar-refractivity contribution in [2.24, 2.45) is 0 Å². The zero-order chi connectivity index (χ0) is 21.5. The summed E-state index contributed by atoms with van der Waals surface area (Å²) < 4.78 is 41.9. The lowest BCUT2D eigenvalue weighted by Gasteiger charge is -2.33. The van der Waals surface area contributed by atoms with Gasteiger partial charge in [0.2, 0.25) is 0 Å². The molecule has 30 heavy (non-hydrogen) atoms. The van der Waals surface area contributed by atoms with Crippen LogP contribution in [-0.2, 0) is 0 Å². The number of aliphatic hydroxyl groups is 1. The van der Waals surface area contributed by atoms with E-state index in [4.69, 9.17) is 0 Å². The van der Waals surface area contributed by atoms with Crippen molar-refractivity contribution in [3.8, 4) is 0 Å². The zero-order valence-electron chi connectivity index (χ0n) is 15.8. The topological polar surface area (TPSA) is 79.2 Å². The summed E-state index contributed by atoms with van der Waals surface area (Å²) in [6.45, 7) is 1.60. The second-order valence-corrected chi connectivity index (χ2v) is 8.09. The molecule has 2 aromatic heterocycles. The average Bonchev–Trinajstić information content (AvgIpc) is 3.36. The molecule has 158 valence electrons. The number of aromatic nitrogens is 2. The monoisotopic (exact) mass is 436 g/mol. The highest BCUT2D eigenvalue weighted by Gasteiger charge is 2.47. The summed E-state index contributed by atoms with van der Waals surface area (Å²) >= 11 is 1.36. The first kappa shape index (κ1) is 20.4. The Morgan fingerprint density at radius 2 is 2.17 bits per heavy atom. The number of anilines is 2. The van der Waals surface area contributed by atoms with Gasteiger partial charge in [-0.2, -0.15) is 18.3 Å². The fraction of sp³-hybridized carbons (Fsp3) is 0.300. The largest absolute Gasteiger partial charge is 0.410 e. The molecule has 0 saturated heterocycles. The highest BCUT2D eigenvalue weighted by Crippen LogP contribution is 2.45. The van der Waals surface area contributed by atoms with Crippen molar-refractivity contribution in [3.05, 3.63) is 64.0 Å². The van der Waals surface area contributed by atoms with Crippen LogP contribution < -0.4 is 10.6 Å². The first-order valence-electron chi connectivity index (χ1n) is 9.27. The van der Waals surface area contributed by atoms with E-state index in [1.807, 2.05) is 0 Å². The van der Waals surface area contributed by atoms with Gasteiger partial charge in [0.25, 0.3) is 5.91 Å². The van der Waals surface area contributed by atoms with Crippen LogP contribution in [0.15, 0.2) is 48.0 Å². The number of nitrogens with one attached hydrogen (secondary N) is 2. The second kappa shape index (κ2) is 7.77. The van der Waals surface area contributed by atoms with Crippen LogP contribution in [0.4, 0.5) is 24.7 Å². The molecule has 10 heteroatoms. The number of halogens is 3. The summed E-state index contributed by atoms with van der Waals surface area (Å²) in [6, 6.07) is 7.77. The minimum Gasteiger partial charge on any atom is -0.389 e. The predicted octanol–water partition coefficient (Wildman–Crippen LogP) is 4.91. The molecule has 0 aliphatic carbocycles. The van der Waals surface area contributed by atoms with E-state index in [0.29, 0.717) is 11.3 Å². The molecule has 1 aliphatic heterocycles. The third-order valence-corrected chi connectivity index (χ3v) is 5.98. The van der Waals surface area contributed by atoms with Crippen molar-refractivity contribution in [2.75, 3.05) is 10.6 Å². The highest BCUT2D eigenvalue weighted by molar-refractivity contribution is 7.10. The lowest BCUT2D eigenvalue weighted by Crippen LogP contribution is -2.36. The summed E-state index contributed by atoms with van der Waals surface area (Å²) in [5, 5.41) is 21.1. The quantitative estimate of drug-likeness (QED) is 0.543. The summed E-state index contributed by atoms with van der Waals surface area (Å²) in [7, 11) is 0. The van der Waals surface area contributed by atoms with Gasteiger partial charge in [0.1, 0.15) is 11.4 Å². The van der Waals surface area contributed by atoms with E-state index in [9.17, 15) is 23.1 Å². The number of amides is 1. The summed E-state index contributed by atoms with van der Waals surface area (Å²) in [5.74, 6) is -0.551. The Hall–Kier alpha value is -2.85. The van der Waals surface area contributed by atoms with Crippen LogP contribution in [0, 0.1) is 0 Å². The number of fused-ring (bicyclic) bond motifs is 1. The molecular formula is C20H19F3N4O2S. The fourth-order valence-electron chi connectivity index (χ4n) is 3.48. The maximum Gasteiger partial charge on any atom is 0.410 e. The summed E-state index contributed by atoms with van der Waals surface area (Å²) in [6.07, 6.45) is -4.29. The van der Waals surface area contributed by atoms with Gasteiger partial charge in [-0.05, 0) is 36.1 Å². The number of alkyl halides is 3. The van der Waals surface area contributed by atoms with Gasteiger partial charge in [0.15, 0.2) is 6.04 Å². The third kappa shape index (κ3) is 3.92. The van der Waals surface area contributed by atoms with E-state index < -0.39 is 30.3 Å². The highest BCUT2D eigenvalue weighted by atomic mass is 32.1. The Morgan fingerprint density at radius 1 is 1.37 bits per heavy atom. The van der Waals surface area contributed by atoms with Crippen LogP contribution in [0.25, 0.3) is 0 Å². The molecule has 6 nitrogen and oxygen atoms in total. The van der Waals surface area contributed by atoms with Gasteiger partial charge in [0, 0.05) is 17.0 Å². The standard InChI is InChI=1S/C20H19F3N4O2S/c1-11(28)12-4-2-5-13(8-12)25-19(29)14-10-24-27-17(20(21,22)23)9-15(26-18(14)27)16-6-3-7-30-16/h2-8,10-11,15,17,26,28H,9H2,1H3,(H,25,29)/t11-,15-,17-/m0/s1. The van der Waals surface area contributed by atoms with E-state index in [1.54, 1.807) is 48.7 Å². The van der Waals surface area contributed by atoms with Crippen LogP contribution in [0.1, 0.15) is 52.3 Å². The molecular weight excluding hydrogens is 417 g/mol.